The second-order valence-electron chi connectivity index (χ2n) is 33.9. The van der Waals surface area contributed by atoms with Crippen molar-refractivity contribution in [1.29, 1.82) is 5.26 Å². The Hall–Kier alpha value is -16.1. The van der Waals surface area contributed by atoms with E-state index in [4.69, 9.17) is 34.7 Å². The third-order valence-corrected chi connectivity index (χ3v) is 26.6. The van der Waals surface area contributed by atoms with Crippen LogP contribution in [0.1, 0.15) is 76.7 Å². The molecule has 0 N–H and O–H groups in total. The van der Waals surface area contributed by atoms with Gasteiger partial charge in [-0.3, -0.25) is 28.8 Å². The van der Waals surface area contributed by atoms with Crippen LogP contribution in [0.15, 0.2) is 267 Å². The molecule has 702 valence electrons. The van der Waals surface area contributed by atoms with Gasteiger partial charge in [0.15, 0.2) is 0 Å². The van der Waals surface area contributed by atoms with Crippen LogP contribution in [0.4, 0.5) is 28.9 Å². The molecule has 25 nitrogen and oxygen atoms in total. The number of para-hydroxylation sites is 3. The van der Waals surface area contributed by atoms with E-state index in [2.05, 4.69) is 16.0 Å². The molecule has 139 heavy (non-hydrogen) atoms. The molecule has 0 bridgehead atoms. The van der Waals surface area contributed by atoms with Crippen LogP contribution in [-0.4, -0.2) is 170 Å². The normalized spacial score (nSPS) is 13.4. The molecule has 0 spiro atoms. The standard InChI is InChI=1S/C29H24FN5O3.C29H27FN4O3.C26H25FN4OS.C24H21FN4OS/c1-38-25-11-5-21(6-12-25)26-18-35(23-9-7-22(30)8-10-23)27(32-26)16-28(36)33-13-14-34(29(37)19-33)24-4-2-3-20(15-24)17-31;1-20-15-21(11-12-25(20)30)26-18-34(22-7-4-3-5-8-22)27(31-26)17-28(35)32-13-14-33(29(36)19-32)23-9-6-10-24(16-23)37-2;1-17-14-19(8-9-21(17)27)23-16-31(20-6-4-3-5-7-20)25(29-23)15-26(32)30-12-10-22-24(11-13-30)33-18(2)28-22;1-15-10-17(8-9-19(15)25)20-13-29(18-6-4-3-5-7-18)23(27-20)11-24(30)28-12-21-22(14-28)31-16(2)26-21/h2-12,15,18H,13-14,16,19H2,1H3;3-12,15-16,18H,13-14,17,19H2,1-2H3;3-9,14,16H,10-13,15H2,1-2H3;3-10,13H,11-12,14H2,1-2H3. The number of aromatic nitrogens is 10. The molecule has 0 saturated carbocycles. The van der Waals surface area contributed by atoms with E-state index in [1.165, 1.54) is 45.0 Å². The van der Waals surface area contributed by atoms with Crippen LogP contribution >= 0.6 is 22.7 Å². The average molecular weight is 1900 g/mol. The van der Waals surface area contributed by atoms with Gasteiger partial charge in [0.1, 0.15) is 71.2 Å². The molecule has 2 fully saturated rings. The minimum absolute atomic E-state index is 0.00783. The number of rotatable bonds is 20. The highest BCUT2D eigenvalue weighted by Crippen LogP contribution is 2.35. The Labute approximate surface area is 808 Å². The Bertz CT molecular complexity index is 7230. The highest BCUT2D eigenvalue weighted by atomic mass is 32.1. The fourth-order valence-corrected chi connectivity index (χ4v) is 19.0. The van der Waals surface area contributed by atoms with E-state index in [1.807, 2.05) is 202 Å². The summed E-state index contributed by atoms with van der Waals surface area (Å²) >= 11 is 3.38. The number of thiazole rings is 2. The fourth-order valence-electron chi connectivity index (χ4n) is 17.1. The fraction of sp³-hybridized carbons (Fsp3) is 0.213. The third kappa shape index (κ3) is 22.2. The van der Waals surface area contributed by atoms with Crippen molar-refractivity contribution >= 4 is 69.5 Å². The van der Waals surface area contributed by atoms with Crippen molar-refractivity contribution in [2.45, 2.75) is 86.2 Å². The van der Waals surface area contributed by atoms with Crippen molar-refractivity contribution in [2.75, 3.05) is 76.4 Å². The SMILES string of the molecule is COc1ccc(-c2cn(-c3ccc(F)cc3)c(CC(=O)N3CCN(c4cccc(C#N)c4)C(=O)C3)n2)cc1.COc1cccc(N2CCN(C(=O)Cc3nc(-c4ccc(F)c(C)c4)cn3-c3ccccc3)CC2=O)c1.Cc1nc2c(s1)CCN(C(=O)Cc1nc(-c3ccc(F)c(C)c3)cn1-c1ccccc1)CC2.Cc1nc2c(s1)CN(C(=O)Cc1nc(-c3ccc(F)c(C)c3)cn1-c1ccccc1)C2. The Balaban J connectivity index is 0.000000128. The number of methoxy groups -OCH3 is 2. The van der Waals surface area contributed by atoms with Crippen LogP contribution in [-0.2, 0) is 80.4 Å². The summed E-state index contributed by atoms with van der Waals surface area (Å²) in [5.74, 6) is 1.92. The van der Waals surface area contributed by atoms with Gasteiger partial charge in [0, 0.05) is 149 Å². The summed E-state index contributed by atoms with van der Waals surface area (Å²) in [6, 6.07) is 73.7. The van der Waals surface area contributed by atoms with Crippen molar-refractivity contribution in [3.05, 3.63) is 367 Å². The molecule has 0 aliphatic carbocycles. The van der Waals surface area contributed by atoms with Crippen LogP contribution in [0.25, 0.3) is 67.8 Å². The first-order valence-electron chi connectivity index (χ1n) is 45.3. The van der Waals surface area contributed by atoms with Gasteiger partial charge in [-0.05, 0) is 221 Å². The summed E-state index contributed by atoms with van der Waals surface area (Å²) in [4.78, 5) is 120. The highest BCUT2D eigenvalue weighted by Gasteiger charge is 2.34. The number of benzene rings is 10. The molecule has 20 rings (SSSR count). The van der Waals surface area contributed by atoms with Gasteiger partial charge < -0.3 is 57.1 Å². The number of amides is 6. The smallest absolute Gasteiger partial charge is 0.246 e. The van der Waals surface area contributed by atoms with E-state index in [0.29, 0.717) is 138 Å². The first-order chi connectivity index (χ1) is 67.3. The molecule has 10 aromatic carbocycles. The molecule has 6 amide bonds. The van der Waals surface area contributed by atoms with Crippen LogP contribution in [0.5, 0.6) is 11.5 Å². The highest BCUT2D eigenvalue weighted by molar-refractivity contribution is 7.12. The molecule has 16 aromatic rings. The van der Waals surface area contributed by atoms with E-state index in [0.717, 1.165) is 84.9 Å². The first-order valence-corrected chi connectivity index (χ1v) is 46.9. The second kappa shape index (κ2) is 42.5. The van der Waals surface area contributed by atoms with Crippen LogP contribution in [0, 0.1) is 69.2 Å². The van der Waals surface area contributed by atoms with Gasteiger partial charge >= 0.3 is 0 Å². The zero-order valence-electron chi connectivity index (χ0n) is 77.4. The largest absolute Gasteiger partial charge is 0.497 e. The second-order valence-corrected chi connectivity index (χ2v) is 36.5. The van der Waals surface area contributed by atoms with E-state index < -0.39 is 0 Å². The van der Waals surface area contributed by atoms with E-state index >= 15 is 0 Å². The van der Waals surface area contributed by atoms with E-state index in [-0.39, 0.29) is 97.5 Å². The predicted molar refractivity (Wildman–Crippen MR) is 525 cm³/mol. The molecule has 0 atom stereocenters. The van der Waals surface area contributed by atoms with Crippen molar-refractivity contribution < 1.29 is 55.8 Å². The van der Waals surface area contributed by atoms with Crippen LogP contribution in [0.3, 0.4) is 0 Å². The number of ether oxygens (including phenoxy) is 2. The molecule has 6 aromatic heterocycles. The van der Waals surface area contributed by atoms with Crippen molar-refractivity contribution in [1.82, 2.24) is 67.8 Å². The van der Waals surface area contributed by atoms with Crippen molar-refractivity contribution in [3.63, 3.8) is 0 Å². The van der Waals surface area contributed by atoms with Gasteiger partial charge in [-0.2, -0.15) is 5.26 Å². The number of piperazine rings is 2. The molecule has 4 aliphatic heterocycles. The molecule has 0 radical (unpaired) electrons. The van der Waals surface area contributed by atoms with E-state index in [9.17, 15) is 46.3 Å². The summed E-state index contributed by atoms with van der Waals surface area (Å²) in [5, 5.41) is 11.3. The maximum absolute atomic E-state index is 13.8. The minimum atomic E-state index is -0.362. The lowest BCUT2D eigenvalue weighted by molar-refractivity contribution is -0.136. The lowest BCUT2D eigenvalue weighted by Gasteiger charge is -2.34. The summed E-state index contributed by atoms with van der Waals surface area (Å²) in [6.45, 7) is 13.1. The minimum Gasteiger partial charge on any atom is -0.497 e. The van der Waals surface area contributed by atoms with Gasteiger partial charge in [0.05, 0.1) is 109 Å². The first kappa shape index (κ1) is 94.7. The van der Waals surface area contributed by atoms with Gasteiger partial charge in [-0.15, -0.1) is 22.7 Å². The zero-order valence-corrected chi connectivity index (χ0v) is 79.0. The lowest BCUT2D eigenvalue weighted by atomic mass is 10.1. The molecule has 4 aliphatic rings. The monoisotopic (exact) mass is 1900 g/mol. The Kier molecular flexibility index (Phi) is 28.9. The van der Waals surface area contributed by atoms with E-state index in [1.54, 1.807) is 150 Å². The Morgan fingerprint density at radius 3 is 1.16 bits per heavy atom. The van der Waals surface area contributed by atoms with Crippen LogP contribution < -0.4 is 19.3 Å². The van der Waals surface area contributed by atoms with Gasteiger partial charge in [-0.25, -0.2) is 47.5 Å². The number of fused-ring (bicyclic) bond motifs is 2. The number of aryl methyl sites for hydroxylation is 5. The molecule has 2 saturated heterocycles. The zero-order chi connectivity index (χ0) is 97.1. The summed E-state index contributed by atoms with van der Waals surface area (Å²) < 4.78 is 73.0. The number of halogens is 4. The lowest BCUT2D eigenvalue weighted by Crippen LogP contribution is -2.52. The summed E-state index contributed by atoms with van der Waals surface area (Å²) in [7, 11) is 3.18. The van der Waals surface area contributed by atoms with Gasteiger partial charge in [0.25, 0.3) is 0 Å². The van der Waals surface area contributed by atoms with Crippen molar-refractivity contribution in [2.24, 2.45) is 0 Å². The number of hydrogen-bond acceptors (Lipinski definition) is 17. The molecule has 0 unspecified atom stereocenters. The van der Waals surface area contributed by atoms with Crippen molar-refractivity contribution in [3.8, 4) is 85.3 Å². The molecular formula is C108H97F4N17O8S2. The number of nitrogens with zero attached hydrogens (tertiary/aromatic N) is 17. The number of carbonyl (C=O) groups excluding carboxylic acids is 6. The topological polar surface area (TPSA) is 261 Å². The maximum atomic E-state index is 13.8. The average Bonchev–Trinajstić information content (AvgIpc) is 1.65. The third-order valence-electron chi connectivity index (χ3n) is 24.5. The Morgan fingerprint density at radius 2 is 0.734 bits per heavy atom. The number of anilines is 2. The Morgan fingerprint density at radius 1 is 0.353 bits per heavy atom. The molecular weight excluding hydrogens is 1800 g/mol. The van der Waals surface area contributed by atoms with Crippen LogP contribution in [0.2, 0.25) is 0 Å². The number of imidazole rings is 4. The molecule has 31 heteroatoms. The predicted octanol–water partition coefficient (Wildman–Crippen LogP) is 18.1. The quantitative estimate of drug-likeness (QED) is 0.0642. The number of carbonyl (C=O) groups is 6. The van der Waals surface area contributed by atoms with Gasteiger partial charge in [-0.1, -0.05) is 66.7 Å². The molecule has 10 heterocycles. The maximum Gasteiger partial charge on any atom is 0.246 e. The summed E-state index contributed by atoms with van der Waals surface area (Å²) in [5.41, 5.74) is 15.0. The number of hydrogen-bond donors (Lipinski definition) is 0. The van der Waals surface area contributed by atoms with Gasteiger partial charge in [0.2, 0.25) is 35.4 Å². The number of nitriles is 1. The summed E-state index contributed by atoms with van der Waals surface area (Å²) in [6.07, 6.45) is 9.52.